The summed E-state index contributed by atoms with van der Waals surface area (Å²) in [7, 11) is 1.38. The van der Waals surface area contributed by atoms with E-state index in [2.05, 4.69) is 5.32 Å². The summed E-state index contributed by atoms with van der Waals surface area (Å²) in [6.45, 7) is 0.925. The van der Waals surface area contributed by atoms with E-state index in [1.54, 1.807) is 18.2 Å². The fourth-order valence-electron chi connectivity index (χ4n) is 2.62. The van der Waals surface area contributed by atoms with E-state index in [0.717, 1.165) is 6.08 Å². The Morgan fingerprint density at radius 3 is 2.56 bits per heavy atom. The van der Waals surface area contributed by atoms with E-state index >= 15 is 0 Å². The lowest BCUT2D eigenvalue weighted by Gasteiger charge is -2.21. The topological polar surface area (TPSA) is 60.0 Å². The van der Waals surface area contributed by atoms with Crippen LogP contribution >= 0.6 is 0 Å². The molecular weight excluding hydrogens is 363 g/mol. The predicted octanol–water partition coefficient (Wildman–Crippen LogP) is 4.14. The SMILES string of the molecule is COc1cc(/C=C\C(F)(F)F)ccc1C(O)Nc1ccc2c(c1)OCCO2. The first-order valence-corrected chi connectivity index (χ1v) is 8.14. The van der Waals surface area contributed by atoms with Gasteiger partial charge >= 0.3 is 6.18 Å². The molecule has 0 radical (unpaired) electrons. The van der Waals surface area contributed by atoms with Gasteiger partial charge in [-0.15, -0.1) is 0 Å². The van der Waals surface area contributed by atoms with Gasteiger partial charge in [-0.3, -0.25) is 0 Å². The molecule has 0 fully saturated rings. The van der Waals surface area contributed by atoms with E-state index in [-0.39, 0.29) is 11.8 Å². The van der Waals surface area contributed by atoms with Crippen molar-refractivity contribution in [3.63, 3.8) is 0 Å². The molecule has 1 heterocycles. The minimum Gasteiger partial charge on any atom is -0.496 e. The number of nitrogens with one attached hydrogen (secondary N) is 1. The number of methoxy groups -OCH3 is 1. The maximum Gasteiger partial charge on any atom is 0.409 e. The van der Waals surface area contributed by atoms with E-state index in [0.29, 0.717) is 41.5 Å². The van der Waals surface area contributed by atoms with Crippen LogP contribution in [0.3, 0.4) is 0 Å². The average molecular weight is 381 g/mol. The number of fused-ring (bicyclic) bond motifs is 1. The number of benzene rings is 2. The van der Waals surface area contributed by atoms with Crippen LogP contribution in [0, 0.1) is 0 Å². The molecule has 27 heavy (non-hydrogen) atoms. The number of allylic oxidation sites excluding steroid dienone is 1. The van der Waals surface area contributed by atoms with Crippen molar-refractivity contribution >= 4 is 11.8 Å². The zero-order chi connectivity index (χ0) is 19.4. The Hall–Kier alpha value is -2.87. The molecule has 2 N–H and O–H groups in total. The highest BCUT2D eigenvalue weighted by molar-refractivity contribution is 5.58. The molecule has 1 aliphatic heterocycles. The Labute approximate surface area is 154 Å². The first-order chi connectivity index (χ1) is 12.9. The second kappa shape index (κ2) is 7.79. The van der Waals surface area contributed by atoms with E-state index in [1.165, 1.54) is 25.3 Å². The quantitative estimate of drug-likeness (QED) is 0.763. The minimum absolute atomic E-state index is 0.144. The third-order valence-corrected chi connectivity index (χ3v) is 3.86. The number of anilines is 1. The molecule has 8 heteroatoms. The van der Waals surface area contributed by atoms with E-state index < -0.39 is 12.4 Å². The number of ether oxygens (including phenoxy) is 3. The lowest BCUT2D eigenvalue weighted by molar-refractivity contribution is -0.0790. The van der Waals surface area contributed by atoms with Crippen molar-refractivity contribution in [2.24, 2.45) is 0 Å². The molecule has 0 amide bonds. The summed E-state index contributed by atoms with van der Waals surface area (Å²) in [5.74, 6) is 1.45. The number of hydrogen-bond acceptors (Lipinski definition) is 5. The highest BCUT2D eigenvalue weighted by Gasteiger charge is 2.22. The van der Waals surface area contributed by atoms with Crippen LogP contribution in [-0.2, 0) is 0 Å². The first-order valence-electron chi connectivity index (χ1n) is 8.14. The van der Waals surface area contributed by atoms with Gasteiger partial charge in [0.15, 0.2) is 17.7 Å². The van der Waals surface area contributed by atoms with E-state index in [9.17, 15) is 18.3 Å². The first kappa shape index (κ1) is 18.9. The molecule has 2 aromatic rings. The molecule has 1 unspecified atom stereocenters. The zero-order valence-electron chi connectivity index (χ0n) is 14.4. The standard InChI is InChI=1S/C19H18F3NO4/c1-25-16-10-12(6-7-19(20,21)22)2-4-14(16)18(24)23-13-3-5-15-17(11-13)27-9-8-26-15/h2-7,10-11,18,23-24H,8-9H2,1H3/b7-6-. The third kappa shape index (κ3) is 4.85. The van der Waals surface area contributed by atoms with Crippen LogP contribution in [0.25, 0.3) is 6.08 Å². The Morgan fingerprint density at radius 2 is 1.85 bits per heavy atom. The molecule has 5 nitrogen and oxygen atoms in total. The number of aliphatic hydroxyl groups excluding tert-OH is 1. The lowest BCUT2D eigenvalue weighted by atomic mass is 10.1. The molecule has 3 rings (SSSR count). The Bertz CT molecular complexity index is 836. The monoisotopic (exact) mass is 381 g/mol. The van der Waals surface area contributed by atoms with Gasteiger partial charge in [0.05, 0.1) is 7.11 Å². The summed E-state index contributed by atoms with van der Waals surface area (Å²) in [6.07, 6.45) is -4.45. The van der Waals surface area contributed by atoms with E-state index in [1.807, 2.05) is 0 Å². The van der Waals surface area contributed by atoms with Crippen molar-refractivity contribution in [1.82, 2.24) is 0 Å². The summed E-state index contributed by atoms with van der Waals surface area (Å²) in [4.78, 5) is 0. The largest absolute Gasteiger partial charge is 0.496 e. The molecular formula is C19H18F3NO4. The summed E-state index contributed by atoms with van der Waals surface area (Å²) >= 11 is 0. The molecule has 0 aromatic heterocycles. The molecule has 0 saturated carbocycles. The van der Waals surface area contributed by atoms with Crippen molar-refractivity contribution in [1.29, 1.82) is 0 Å². The van der Waals surface area contributed by atoms with Crippen LogP contribution in [0.5, 0.6) is 17.2 Å². The maximum atomic E-state index is 12.3. The van der Waals surface area contributed by atoms with Crippen molar-refractivity contribution < 1.29 is 32.5 Å². The van der Waals surface area contributed by atoms with Crippen LogP contribution in [0.2, 0.25) is 0 Å². The number of aliphatic hydroxyl groups is 1. The number of rotatable bonds is 5. The second-order valence-corrected chi connectivity index (χ2v) is 5.78. The smallest absolute Gasteiger partial charge is 0.409 e. The van der Waals surface area contributed by atoms with Gasteiger partial charge in [0.2, 0.25) is 0 Å². The molecule has 1 atom stereocenters. The minimum atomic E-state index is -4.40. The molecule has 0 saturated heterocycles. The van der Waals surface area contributed by atoms with Crippen LogP contribution in [-0.4, -0.2) is 31.6 Å². The van der Waals surface area contributed by atoms with Crippen molar-refractivity contribution in [2.45, 2.75) is 12.4 Å². The van der Waals surface area contributed by atoms with Gasteiger partial charge in [0.1, 0.15) is 19.0 Å². The van der Waals surface area contributed by atoms with Crippen LogP contribution in [0.1, 0.15) is 17.4 Å². The highest BCUT2D eigenvalue weighted by Crippen LogP contribution is 2.34. The normalized spacial score (nSPS) is 14.9. The molecule has 0 aliphatic carbocycles. The Kier molecular flexibility index (Phi) is 5.46. The van der Waals surface area contributed by atoms with Gasteiger partial charge in [-0.2, -0.15) is 13.2 Å². The van der Waals surface area contributed by atoms with Gasteiger partial charge in [-0.25, -0.2) is 0 Å². The van der Waals surface area contributed by atoms with Crippen LogP contribution in [0.4, 0.5) is 18.9 Å². The lowest BCUT2D eigenvalue weighted by Crippen LogP contribution is -2.16. The van der Waals surface area contributed by atoms with Gasteiger partial charge < -0.3 is 24.6 Å². The fourth-order valence-corrected chi connectivity index (χ4v) is 2.62. The number of hydrogen-bond donors (Lipinski definition) is 2. The Morgan fingerprint density at radius 1 is 1.11 bits per heavy atom. The Balaban J connectivity index is 1.78. The molecule has 1 aliphatic rings. The third-order valence-electron chi connectivity index (χ3n) is 3.86. The maximum absolute atomic E-state index is 12.3. The molecule has 0 spiro atoms. The molecule has 144 valence electrons. The summed E-state index contributed by atoms with van der Waals surface area (Å²) < 4.78 is 53.1. The number of halogens is 3. The second-order valence-electron chi connectivity index (χ2n) is 5.78. The van der Waals surface area contributed by atoms with Gasteiger partial charge in [-0.1, -0.05) is 12.1 Å². The van der Waals surface area contributed by atoms with Crippen LogP contribution < -0.4 is 19.5 Å². The summed E-state index contributed by atoms with van der Waals surface area (Å²) in [5, 5.41) is 13.4. The zero-order valence-corrected chi connectivity index (χ0v) is 14.4. The van der Waals surface area contributed by atoms with Crippen LogP contribution in [0.15, 0.2) is 42.5 Å². The van der Waals surface area contributed by atoms with Crippen molar-refractivity contribution in [2.75, 3.05) is 25.6 Å². The fraction of sp³-hybridized carbons (Fsp3) is 0.263. The predicted molar refractivity (Wildman–Crippen MR) is 94.1 cm³/mol. The van der Waals surface area contributed by atoms with Gasteiger partial charge in [-0.05, 0) is 29.8 Å². The number of alkyl halides is 3. The highest BCUT2D eigenvalue weighted by atomic mass is 19.4. The summed E-state index contributed by atoms with van der Waals surface area (Å²) in [6, 6.07) is 9.55. The van der Waals surface area contributed by atoms with Crippen molar-refractivity contribution in [3.05, 3.63) is 53.6 Å². The van der Waals surface area contributed by atoms with Gasteiger partial charge in [0.25, 0.3) is 0 Å². The average Bonchev–Trinajstić information content (AvgIpc) is 2.65. The van der Waals surface area contributed by atoms with E-state index in [4.69, 9.17) is 14.2 Å². The molecule has 0 bridgehead atoms. The van der Waals surface area contributed by atoms with Crippen molar-refractivity contribution in [3.8, 4) is 17.2 Å². The molecule has 2 aromatic carbocycles. The van der Waals surface area contributed by atoms with Gasteiger partial charge in [0, 0.05) is 23.4 Å². The summed E-state index contributed by atoms with van der Waals surface area (Å²) in [5.41, 5.74) is 1.28.